The van der Waals surface area contributed by atoms with Gasteiger partial charge in [0.05, 0.1) is 16.4 Å². The molecule has 8 heteroatoms. The number of rotatable bonds is 7. The van der Waals surface area contributed by atoms with Gasteiger partial charge in [0.2, 0.25) is 5.95 Å². The van der Waals surface area contributed by atoms with Crippen molar-refractivity contribution in [3.8, 4) is 0 Å². The number of nitrogens with zero attached hydrogens (tertiary/aromatic N) is 5. The molecule has 0 amide bonds. The molecule has 1 aliphatic rings. The Labute approximate surface area is 165 Å². The molecular formula is C19H26ClN7. The molecule has 0 aliphatic carbocycles. The number of hydrazine groups is 2. The van der Waals surface area contributed by atoms with Crippen molar-refractivity contribution in [3.63, 3.8) is 0 Å². The summed E-state index contributed by atoms with van der Waals surface area (Å²) < 4.78 is 0. The Bertz CT molecular complexity index is 821. The van der Waals surface area contributed by atoms with Crippen LogP contribution in [0.15, 0.2) is 42.1 Å². The van der Waals surface area contributed by atoms with Crippen LogP contribution in [-0.4, -0.2) is 47.7 Å². The van der Waals surface area contributed by atoms with Crippen LogP contribution in [-0.2, 0) is 6.54 Å². The number of hydrogen-bond donors (Lipinski definition) is 2. The fourth-order valence-corrected chi connectivity index (χ4v) is 3.06. The lowest BCUT2D eigenvalue weighted by atomic mass is 10.2. The third kappa shape index (κ3) is 4.88. The van der Waals surface area contributed by atoms with E-state index in [9.17, 15) is 0 Å². The highest BCUT2D eigenvalue weighted by molar-refractivity contribution is 6.33. The zero-order chi connectivity index (χ0) is 19.4. The van der Waals surface area contributed by atoms with Crippen LogP contribution in [0.1, 0.15) is 19.0 Å². The van der Waals surface area contributed by atoms with Gasteiger partial charge in [0.1, 0.15) is 0 Å². The van der Waals surface area contributed by atoms with Crippen LogP contribution in [0.25, 0.3) is 0 Å². The predicted octanol–water partition coefficient (Wildman–Crippen LogP) is 3.40. The minimum absolute atomic E-state index is 0.587. The first-order valence-corrected chi connectivity index (χ1v) is 9.34. The van der Waals surface area contributed by atoms with E-state index < -0.39 is 0 Å². The van der Waals surface area contributed by atoms with Crippen molar-refractivity contribution in [2.75, 3.05) is 38.0 Å². The lowest BCUT2D eigenvalue weighted by Crippen LogP contribution is -2.34. The summed E-state index contributed by atoms with van der Waals surface area (Å²) in [5.41, 5.74) is 9.69. The molecule has 0 spiro atoms. The van der Waals surface area contributed by atoms with Gasteiger partial charge in [-0.2, -0.15) is 4.98 Å². The van der Waals surface area contributed by atoms with Gasteiger partial charge < -0.3 is 9.80 Å². The zero-order valence-corrected chi connectivity index (χ0v) is 17.0. The minimum Gasteiger partial charge on any atom is -0.312 e. The van der Waals surface area contributed by atoms with E-state index in [0.29, 0.717) is 17.5 Å². The van der Waals surface area contributed by atoms with Crippen LogP contribution in [0, 0.1) is 0 Å². The van der Waals surface area contributed by atoms with Crippen LogP contribution in [0.4, 0.5) is 17.5 Å². The smallest absolute Gasteiger partial charge is 0.231 e. The molecule has 144 valence electrons. The molecule has 2 N–H and O–H groups in total. The Hall–Kier alpha value is -2.35. The van der Waals surface area contributed by atoms with Crippen molar-refractivity contribution in [2.45, 2.75) is 19.9 Å². The van der Waals surface area contributed by atoms with Gasteiger partial charge in [0.25, 0.3) is 0 Å². The molecule has 7 nitrogen and oxygen atoms in total. The van der Waals surface area contributed by atoms with Crippen molar-refractivity contribution in [3.05, 3.63) is 52.8 Å². The zero-order valence-electron chi connectivity index (χ0n) is 16.2. The van der Waals surface area contributed by atoms with Gasteiger partial charge in [-0.3, -0.25) is 5.43 Å². The van der Waals surface area contributed by atoms with Gasteiger partial charge in [0, 0.05) is 32.4 Å². The van der Waals surface area contributed by atoms with Gasteiger partial charge in [0.15, 0.2) is 5.82 Å². The van der Waals surface area contributed by atoms with E-state index in [-0.39, 0.29) is 0 Å². The van der Waals surface area contributed by atoms with E-state index in [1.54, 1.807) is 0 Å². The summed E-state index contributed by atoms with van der Waals surface area (Å²) in [6.45, 7) is 3.70. The number of aromatic nitrogens is 2. The van der Waals surface area contributed by atoms with E-state index in [4.69, 9.17) is 16.6 Å². The third-order valence-electron chi connectivity index (χ3n) is 4.24. The Morgan fingerprint density at radius 2 is 2.00 bits per heavy atom. The van der Waals surface area contributed by atoms with Crippen molar-refractivity contribution in [1.82, 2.24) is 25.4 Å². The maximum absolute atomic E-state index is 6.36. The molecule has 0 saturated heterocycles. The third-order valence-corrected chi connectivity index (χ3v) is 4.56. The second kappa shape index (κ2) is 8.56. The van der Waals surface area contributed by atoms with Crippen LogP contribution >= 0.6 is 11.6 Å². The molecule has 1 aromatic carbocycles. The van der Waals surface area contributed by atoms with Gasteiger partial charge >= 0.3 is 0 Å². The van der Waals surface area contributed by atoms with Crippen LogP contribution in [0.5, 0.6) is 0 Å². The number of para-hydroxylation sites is 1. The second-order valence-corrected chi connectivity index (χ2v) is 7.16. The highest BCUT2D eigenvalue weighted by atomic mass is 35.5. The van der Waals surface area contributed by atoms with E-state index in [2.05, 4.69) is 33.9 Å². The summed E-state index contributed by atoms with van der Waals surface area (Å²) in [7, 11) is 5.96. The Kier molecular flexibility index (Phi) is 6.15. The summed E-state index contributed by atoms with van der Waals surface area (Å²) in [4.78, 5) is 13.4. The Morgan fingerprint density at radius 1 is 1.22 bits per heavy atom. The van der Waals surface area contributed by atoms with Crippen molar-refractivity contribution in [1.29, 1.82) is 0 Å². The second-order valence-electron chi connectivity index (χ2n) is 6.75. The maximum Gasteiger partial charge on any atom is 0.231 e. The summed E-state index contributed by atoms with van der Waals surface area (Å²) in [6.07, 6.45) is 3.08. The standard InChI is InChI=1S/C19H26ClN7/c1-5-14-11-21-27(12-14)24-18-10-15(13-25(2)3)22-19(23-18)26(4)17-9-7-6-8-16(17)20/h6-10,12,21H,5,11,13H2,1-4H3,(H,22,23,24). The molecule has 0 radical (unpaired) electrons. The summed E-state index contributed by atoms with van der Waals surface area (Å²) in [5.74, 6) is 1.31. The number of anilines is 3. The highest BCUT2D eigenvalue weighted by Crippen LogP contribution is 2.29. The largest absolute Gasteiger partial charge is 0.312 e. The maximum atomic E-state index is 6.36. The lowest BCUT2D eigenvalue weighted by Gasteiger charge is -2.23. The quantitative estimate of drug-likeness (QED) is 0.754. The molecule has 2 heterocycles. The van der Waals surface area contributed by atoms with Gasteiger partial charge in [-0.25, -0.2) is 15.5 Å². The summed E-state index contributed by atoms with van der Waals surface area (Å²) >= 11 is 6.36. The minimum atomic E-state index is 0.587. The molecule has 0 saturated carbocycles. The highest BCUT2D eigenvalue weighted by Gasteiger charge is 2.16. The number of nitrogens with one attached hydrogen (secondary N) is 2. The molecule has 2 aromatic rings. The molecule has 0 atom stereocenters. The first-order chi connectivity index (χ1) is 13.0. The van der Waals surface area contributed by atoms with Crippen LogP contribution < -0.4 is 15.8 Å². The van der Waals surface area contributed by atoms with E-state index >= 15 is 0 Å². The molecule has 1 aliphatic heterocycles. The molecule has 0 unspecified atom stereocenters. The fourth-order valence-electron chi connectivity index (χ4n) is 2.80. The molecule has 27 heavy (non-hydrogen) atoms. The topological polar surface area (TPSA) is 59.6 Å². The number of hydrogen-bond acceptors (Lipinski definition) is 7. The van der Waals surface area contributed by atoms with Crippen LogP contribution in [0.3, 0.4) is 0 Å². The van der Waals surface area contributed by atoms with Crippen molar-refractivity contribution >= 4 is 29.1 Å². The van der Waals surface area contributed by atoms with Gasteiger partial charge in [-0.05, 0) is 38.2 Å². The normalized spacial score (nSPS) is 13.9. The predicted molar refractivity (Wildman–Crippen MR) is 111 cm³/mol. The SMILES string of the molecule is CCC1=CN(Nc2cc(CN(C)C)nc(N(C)c3ccccc3Cl)n2)NC1. The average molecular weight is 388 g/mol. The number of benzene rings is 1. The molecule has 3 rings (SSSR count). The van der Waals surface area contributed by atoms with Crippen molar-refractivity contribution in [2.24, 2.45) is 0 Å². The van der Waals surface area contributed by atoms with Crippen molar-refractivity contribution < 1.29 is 0 Å². The van der Waals surface area contributed by atoms with Gasteiger partial charge in [-0.1, -0.05) is 30.7 Å². The van der Waals surface area contributed by atoms with E-state index in [0.717, 1.165) is 30.2 Å². The molecular weight excluding hydrogens is 362 g/mol. The fraction of sp³-hybridized carbons (Fsp3) is 0.368. The van der Waals surface area contributed by atoms with E-state index in [1.807, 2.05) is 61.5 Å². The first kappa shape index (κ1) is 19.4. The van der Waals surface area contributed by atoms with Gasteiger partial charge in [-0.15, -0.1) is 0 Å². The number of halogens is 1. The molecule has 0 fully saturated rings. The first-order valence-electron chi connectivity index (χ1n) is 8.96. The van der Waals surface area contributed by atoms with E-state index in [1.165, 1.54) is 5.57 Å². The lowest BCUT2D eigenvalue weighted by molar-refractivity contribution is 0.365. The molecule has 0 bridgehead atoms. The summed E-state index contributed by atoms with van der Waals surface area (Å²) in [5, 5.41) is 2.51. The molecule has 1 aromatic heterocycles. The monoisotopic (exact) mass is 387 g/mol. The Balaban J connectivity index is 1.91. The summed E-state index contributed by atoms with van der Waals surface area (Å²) in [6, 6.07) is 9.64. The van der Waals surface area contributed by atoms with Crippen LogP contribution in [0.2, 0.25) is 5.02 Å². The Morgan fingerprint density at radius 3 is 2.67 bits per heavy atom. The average Bonchev–Trinajstić information content (AvgIpc) is 3.08.